The second-order valence-electron chi connectivity index (χ2n) is 6.88. The fraction of sp³-hybridized carbons (Fsp3) is 0.130. The summed E-state index contributed by atoms with van der Waals surface area (Å²) in [6.07, 6.45) is 3.71. The van der Waals surface area contributed by atoms with Gasteiger partial charge in [0, 0.05) is 5.56 Å². The van der Waals surface area contributed by atoms with Gasteiger partial charge in [-0.15, -0.1) is 0 Å². The molecule has 0 saturated carbocycles. The molecule has 0 bridgehead atoms. The van der Waals surface area contributed by atoms with Crippen LogP contribution >= 0.6 is 24.0 Å². The molecule has 0 aliphatic carbocycles. The van der Waals surface area contributed by atoms with Gasteiger partial charge in [0.15, 0.2) is 0 Å². The lowest BCUT2D eigenvalue weighted by Crippen LogP contribution is -2.47. The van der Waals surface area contributed by atoms with Crippen LogP contribution in [0.25, 0.3) is 6.08 Å². The Bertz CT molecular complexity index is 1090. The highest BCUT2D eigenvalue weighted by molar-refractivity contribution is 8.26. The van der Waals surface area contributed by atoms with Crippen LogP contribution < -0.4 is 10.9 Å². The second kappa shape index (κ2) is 10.2. The summed E-state index contributed by atoms with van der Waals surface area (Å²) in [5.41, 5.74) is 7.85. The normalized spacial score (nSPS) is 15.4. The summed E-state index contributed by atoms with van der Waals surface area (Å²) in [6.45, 7) is 3.42. The van der Waals surface area contributed by atoms with E-state index in [1.807, 2.05) is 49.4 Å². The average Bonchev–Trinajstić information content (AvgIpc) is 3.00. The maximum atomic E-state index is 12.7. The zero-order valence-electron chi connectivity index (χ0n) is 17.0. The minimum atomic E-state index is -0.545. The molecule has 8 heteroatoms. The molecule has 0 spiro atoms. The number of amides is 3. The van der Waals surface area contributed by atoms with Crippen molar-refractivity contribution in [2.45, 2.75) is 13.8 Å². The number of nitrogens with one attached hydrogen (secondary N) is 2. The number of hydrogen-bond acceptors (Lipinski definition) is 5. The Balaban J connectivity index is 1.59. The number of carbonyl (C=O) groups excluding carboxylic acids is 3. The van der Waals surface area contributed by atoms with E-state index in [4.69, 9.17) is 12.2 Å². The molecular weight excluding hydrogens is 430 g/mol. The van der Waals surface area contributed by atoms with E-state index in [0.29, 0.717) is 14.8 Å². The van der Waals surface area contributed by atoms with Crippen molar-refractivity contribution < 1.29 is 14.4 Å². The smallest absolute Gasteiger partial charge is 0.269 e. The minimum absolute atomic E-state index is 0.280. The van der Waals surface area contributed by atoms with E-state index in [1.54, 1.807) is 31.2 Å². The van der Waals surface area contributed by atoms with Gasteiger partial charge in [0.25, 0.3) is 17.7 Å². The van der Waals surface area contributed by atoms with Crippen LogP contribution in [0.2, 0.25) is 0 Å². The maximum absolute atomic E-state index is 12.7. The van der Waals surface area contributed by atoms with E-state index in [-0.39, 0.29) is 12.5 Å². The Morgan fingerprint density at radius 3 is 2.45 bits per heavy atom. The van der Waals surface area contributed by atoms with E-state index in [0.717, 1.165) is 28.5 Å². The first-order valence-electron chi connectivity index (χ1n) is 9.48. The number of rotatable bonds is 5. The third-order valence-corrected chi connectivity index (χ3v) is 5.81. The molecule has 3 amide bonds. The van der Waals surface area contributed by atoms with Gasteiger partial charge in [0.05, 0.1) is 4.91 Å². The van der Waals surface area contributed by atoms with Crippen LogP contribution in [0.5, 0.6) is 0 Å². The summed E-state index contributed by atoms with van der Waals surface area (Å²) in [6, 6.07) is 16.8. The summed E-state index contributed by atoms with van der Waals surface area (Å²) in [5, 5.41) is 0. The number of carbonyl (C=O) groups is 3. The predicted molar refractivity (Wildman–Crippen MR) is 127 cm³/mol. The first-order valence-corrected chi connectivity index (χ1v) is 10.7. The van der Waals surface area contributed by atoms with Gasteiger partial charge in [-0.2, -0.15) is 0 Å². The second-order valence-corrected chi connectivity index (χ2v) is 8.56. The van der Waals surface area contributed by atoms with Crippen LogP contribution in [0, 0.1) is 6.92 Å². The Kier molecular flexibility index (Phi) is 7.38. The van der Waals surface area contributed by atoms with Crippen molar-refractivity contribution in [1.82, 2.24) is 15.8 Å². The molecule has 0 atom stereocenters. The van der Waals surface area contributed by atoms with Crippen LogP contribution in [0.1, 0.15) is 28.4 Å². The third kappa shape index (κ3) is 5.90. The molecule has 1 aliphatic rings. The van der Waals surface area contributed by atoms with Crippen molar-refractivity contribution in [3.05, 3.63) is 87.8 Å². The molecule has 1 heterocycles. The lowest BCUT2D eigenvalue weighted by molar-refractivity contribution is -0.129. The summed E-state index contributed by atoms with van der Waals surface area (Å²) >= 11 is 6.41. The summed E-state index contributed by atoms with van der Waals surface area (Å²) < 4.78 is 0.296. The van der Waals surface area contributed by atoms with Crippen molar-refractivity contribution in [1.29, 1.82) is 0 Å². The Labute approximate surface area is 190 Å². The number of nitrogens with zero attached hydrogens (tertiary/aromatic N) is 1. The maximum Gasteiger partial charge on any atom is 0.269 e. The van der Waals surface area contributed by atoms with Crippen molar-refractivity contribution >= 4 is 52.1 Å². The highest BCUT2D eigenvalue weighted by Crippen LogP contribution is 2.31. The molecule has 1 saturated heterocycles. The number of thiocarbonyl (C=S) groups is 1. The number of hydrazine groups is 1. The van der Waals surface area contributed by atoms with Crippen molar-refractivity contribution in [2.75, 3.05) is 6.54 Å². The first kappa shape index (κ1) is 22.5. The van der Waals surface area contributed by atoms with Crippen LogP contribution in [-0.4, -0.2) is 33.5 Å². The molecule has 31 heavy (non-hydrogen) atoms. The number of hydrogen-bond donors (Lipinski definition) is 2. The number of benzene rings is 2. The van der Waals surface area contributed by atoms with E-state index in [2.05, 4.69) is 10.9 Å². The van der Waals surface area contributed by atoms with Crippen LogP contribution in [0.15, 0.2) is 71.2 Å². The van der Waals surface area contributed by atoms with E-state index in [9.17, 15) is 14.4 Å². The highest BCUT2D eigenvalue weighted by Gasteiger charge is 2.33. The lowest BCUT2D eigenvalue weighted by atomic mass is 10.1. The lowest BCUT2D eigenvalue weighted by Gasteiger charge is -2.15. The molecule has 0 unspecified atom stereocenters. The molecule has 1 aliphatic heterocycles. The van der Waals surface area contributed by atoms with Gasteiger partial charge in [-0.05, 0) is 42.7 Å². The first-order chi connectivity index (χ1) is 14.8. The monoisotopic (exact) mass is 451 g/mol. The van der Waals surface area contributed by atoms with Crippen LogP contribution in [0.4, 0.5) is 0 Å². The average molecular weight is 452 g/mol. The fourth-order valence-corrected chi connectivity index (χ4v) is 4.21. The van der Waals surface area contributed by atoms with Gasteiger partial charge < -0.3 is 0 Å². The summed E-state index contributed by atoms with van der Waals surface area (Å²) in [5.74, 6) is -1.31. The molecule has 0 radical (unpaired) electrons. The van der Waals surface area contributed by atoms with Crippen molar-refractivity contribution in [3.8, 4) is 0 Å². The summed E-state index contributed by atoms with van der Waals surface area (Å²) in [4.78, 5) is 38.8. The van der Waals surface area contributed by atoms with Gasteiger partial charge in [-0.3, -0.25) is 30.1 Å². The zero-order valence-corrected chi connectivity index (χ0v) is 18.7. The molecule has 3 rings (SSSR count). The van der Waals surface area contributed by atoms with Crippen LogP contribution in [0.3, 0.4) is 0 Å². The molecule has 158 valence electrons. The largest absolute Gasteiger partial charge is 0.283 e. The molecular formula is C23H21N3O3S2. The predicted octanol–water partition coefficient (Wildman–Crippen LogP) is 3.60. The SMILES string of the molecule is CC(=Cc1ccccc1)C=C1SC(=S)N(CC(=O)NNC(=O)c2ccccc2C)C1=O. The highest BCUT2D eigenvalue weighted by atomic mass is 32.2. The van der Waals surface area contributed by atoms with Crippen molar-refractivity contribution in [2.24, 2.45) is 0 Å². The van der Waals surface area contributed by atoms with Gasteiger partial charge in [-0.1, -0.05) is 78.6 Å². The minimum Gasteiger partial charge on any atom is -0.283 e. The zero-order chi connectivity index (χ0) is 22.4. The van der Waals surface area contributed by atoms with E-state index < -0.39 is 11.8 Å². The third-order valence-electron chi connectivity index (χ3n) is 4.43. The molecule has 0 aromatic heterocycles. The van der Waals surface area contributed by atoms with Crippen molar-refractivity contribution in [3.63, 3.8) is 0 Å². The Morgan fingerprint density at radius 1 is 1.06 bits per heavy atom. The van der Waals surface area contributed by atoms with Crippen LogP contribution in [-0.2, 0) is 9.59 Å². The Hall–Kier alpha value is -3.23. The fourth-order valence-electron chi connectivity index (χ4n) is 2.90. The van der Waals surface area contributed by atoms with Gasteiger partial charge >= 0.3 is 0 Å². The standard InChI is InChI=1S/C23H21N3O3S2/c1-15(12-17-9-4-3-5-10-17)13-19-22(29)26(23(30)31-19)14-20(27)24-25-21(28)18-11-7-6-8-16(18)2/h3-13H,14H2,1-2H3,(H,24,27)(H,25,28). The molecule has 2 aromatic carbocycles. The number of aryl methyl sites for hydroxylation is 1. The van der Waals surface area contributed by atoms with Gasteiger partial charge in [0.1, 0.15) is 10.9 Å². The summed E-state index contributed by atoms with van der Waals surface area (Å²) in [7, 11) is 0. The molecule has 6 nitrogen and oxygen atoms in total. The topological polar surface area (TPSA) is 78.5 Å². The Morgan fingerprint density at radius 2 is 1.74 bits per heavy atom. The molecule has 1 fully saturated rings. The number of allylic oxidation sites excluding steroid dienone is 2. The van der Waals surface area contributed by atoms with E-state index in [1.165, 1.54) is 4.90 Å². The quantitative estimate of drug-likeness (QED) is 0.413. The molecule has 2 N–H and O–H groups in total. The van der Waals surface area contributed by atoms with E-state index >= 15 is 0 Å². The van der Waals surface area contributed by atoms with Gasteiger partial charge in [0.2, 0.25) is 0 Å². The van der Waals surface area contributed by atoms with Gasteiger partial charge in [-0.25, -0.2) is 0 Å². The number of thioether (sulfide) groups is 1. The molecule has 2 aromatic rings.